The predicted octanol–water partition coefficient (Wildman–Crippen LogP) is 2.58. The van der Waals surface area contributed by atoms with Crippen molar-refractivity contribution in [3.63, 3.8) is 0 Å². The van der Waals surface area contributed by atoms with Crippen LogP contribution in [0.2, 0.25) is 0 Å². The number of hydrogen-bond donors (Lipinski definition) is 2. The van der Waals surface area contributed by atoms with Crippen molar-refractivity contribution in [2.24, 2.45) is 0 Å². The highest BCUT2D eigenvalue weighted by molar-refractivity contribution is 7.54. The first-order valence-electron chi connectivity index (χ1n) is 6.20. The minimum Gasteiger partial charge on any atom is -0.434 e. The summed E-state index contributed by atoms with van der Waals surface area (Å²) in [6.45, 7) is 0.108. The SMILES string of the molecule is O=C(OCOP(=O)(NCCCl)NCCCl)c1ccccc1. The van der Waals surface area contributed by atoms with Gasteiger partial charge in [-0.2, -0.15) is 0 Å². The summed E-state index contributed by atoms with van der Waals surface area (Å²) in [7, 11) is -3.35. The smallest absolute Gasteiger partial charge is 0.343 e. The van der Waals surface area contributed by atoms with Crippen LogP contribution >= 0.6 is 30.9 Å². The molecule has 21 heavy (non-hydrogen) atoms. The van der Waals surface area contributed by atoms with Crippen LogP contribution in [0.1, 0.15) is 10.4 Å². The molecule has 0 fully saturated rings. The molecule has 0 bridgehead atoms. The van der Waals surface area contributed by atoms with Crippen molar-refractivity contribution in [2.75, 3.05) is 31.6 Å². The minimum atomic E-state index is -3.35. The number of carbonyl (C=O) groups is 1. The van der Waals surface area contributed by atoms with Crippen molar-refractivity contribution >= 4 is 36.8 Å². The van der Waals surface area contributed by atoms with E-state index in [2.05, 4.69) is 10.2 Å². The van der Waals surface area contributed by atoms with Crippen LogP contribution in [-0.2, 0) is 13.8 Å². The summed E-state index contributed by atoms with van der Waals surface area (Å²) in [5, 5.41) is 5.27. The number of benzene rings is 1. The van der Waals surface area contributed by atoms with Crippen molar-refractivity contribution < 1.29 is 18.6 Å². The second kappa shape index (κ2) is 10.2. The van der Waals surface area contributed by atoms with E-state index in [4.69, 9.17) is 32.5 Å². The van der Waals surface area contributed by atoms with E-state index in [0.717, 1.165) is 0 Å². The van der Waals surface area contributed by atoms with E-state index in [1.165, 1.54) is 0 Å². The van der Waals surface area contributed by atoms with Crippen LogP contribution < -0.4 is 10.2 Å². The number of nitrogens with one attached hydrogen (secondary N) is 2. The molecule has 0 aliphatic heterocycles. The van der Waals surface area contributed by atoms with E-state index < -0.39 is 20.4 Å². The molecule has 1 aromatic carbocycles. The van der Waals surface area contributed by atoms with Gasteiger partial charge in [0.1, 0.15) is 0 Å². The second-order valence-electron chi connectivity index (χ2n) is 3.79. The van der Waals surface area contributed by atoms with Gasteiger partial charge in [-0.25, -0.2) is 15.0 Å². The van der Waals surface area contributed by atoms with Gasteiger partial charge >= 0.3 is 13.6 Å². The summed E-state index contributed by atoms with van der Waals surface area (Å²) >= 11 is 11.1. The summed E-state index contributed by atoms with van der Waals surface area (Å²) in [5.74, 6) is -0.0313. The fraction of sp³-hybridized carbons (Fsp3) is 0.417. The van der Waals surface area contributed by atoms with Crippen molar-refractivity contribution in [2.45, 2.75) is 0 Å². The Morgan fingerprint density at radius 2 is 1.67 bits per heavy atom. The molecule has 0 aromatic heterocycles. The lowest BCUT2D eigenvalue weighted by Gasteiger charge is -2.19. The lowest BCUT2D eigenvalue weighted by Crippen LogP contribution is -2.28. The first-order valence-corrected chi connectivity index (χ1v) is 8.89. The molecule has 0 radical (unpaired) electrons. The Morgan fingerprint density at radius 1 is 1.10 bits per heavy atom. The van der Waals surface area contributed by atoms with Crippen molar-refractivity contribution in [3.8, 4) is 0 Å². The Kier molecular flexibility index (Phi) is 8.92. The number of halogens is 2. The van der Waals surface area contributed by atoms with Gasteiger partial charge in [-0.15, -0.1) is 23.2 Å². The van der Waals surface area contributed by atoms with Gasteiger partial charge in [-0.3, -0.25) is 9.09 Å². The van der Waals surface area contributed by atoms with Gasteiger partial charge in [0, 0.05) is 24.8 Å². The number of ether oxygens (including phenoxy) is 1. The van der Waals surface area contributed by atoms with Crippen molar-refractivity contribution in [1.82, 2.24) is 10.2 Å². The molecule has 9 heteroatoms. The van der Waals surface area contributed by atoms with Crippen LogP contribution in [-0.4, -0.2) is 37.6 Å². The second-order valence-corrected chi connectivity index (χ2v) is 6.54. The largest absolute Gasteiger partial charge is 0.434 e. The Hall–Kier alpha value is -0.620. The normalized spacial score (nSPS) is 11.3. The summed E-state index contributed by atoms with van der Waals surface area (Å²) in [4.78, 5) is 11.7. The number of carbonyl (C=O) groups excluding carboxylic acids is 1. The first kappa shape index (κ1) is 18.4. The molecule has 0 aliphatic carbocycles. The summed E-state index contributed by atoms with van der Waals surface area (Å²) < 4.78 is 22.3. The van der Waals surface area contributed by atoms with E-state index in [1.54, 1.807) is 30.3 Å². The minimum absolute atomic E-state index is 0.264. The van der Waals surface area contributed by atoms with E-state index in [9.17, 15) is 9.36 Å². The molecule has 0 heterocycles. The van der Waals surface area contributed by atoms with Crippen LogP contribution in [0.4, 0.5) is 0 Å². The molecule has 0 aliphatic rings. The molecular formula is C12H17Cl2N2O4P. The topological polar surface area (TPSA) is 76.7 Å². The molecule has 1 aromatic rings. The van der Waals surface area contributed by atoms with E-state index in [1.807, 2.05) is 0 Å². The Balaban J connectivity index is 2.45. The molecular weight excluding hydrogens is 338 g/mol. The third-order valence-electron chi connectivity index (χ3n) is 2.26. The van der Waals surface area contributed by atoms with E-state index in [0.29, 0.717) is 5.56 Å². The molecule has 0 amide bonds. The number of hydrogen-bond acceptors (Lipinski definition) is 4. The first-order chi connectivity index (χ1) is 10.1. The molecule has 118 valence electrons. The quantitative estimate of drug-likeness (QED) is 0.291. The number of rotatable bonds is 10. The standard InChI is InChI=1S/C12H17Cl2N2O4P/c13-6-8-15-21(18,16-9-7-14)20-10-19-12(17)11-4-2-1-3-5-11/h1-5H,6-10H2,(H2,15,16,18). The third kappa shape index (κ3) is 7.27. The van der Waals surface area contributed by atoms with Gasteiger partial charge < -0.3 is 4.74 Å². The lowest BCUT2D eigenvalue weighted by molar-refractivity contribution is 0.0152. The number of alkyl halides is 2. The molecule has 0 saturated heterocycles. The fourth-order valence-corrected chi connectivity index (χ4v) is 3.10. The van der Waals surface area contributed by atoms with Crippen LogP contribution in [0.25, 0.3) is 0 Å². The molecule has 0 saturated carbocycles. The Bertz CT molecular complexity index is 464. The van der Waals surface area contributed by atoms with Gasteiger partial charge in [0.05, 0.1) is 5.56 Å². The highest BCUT2D eigenvalue weighted by Crippen LogP contribution is 2.36. The summed E-state index contributed by atoms with van der Waals surface area (Å²) in [6.07, 6.45) is 0. The molecule has 1 rings (SSSR count). The van der Waals surface area contributed by atoms with Gasteiger partial charge in [0.15, 0.2) is 0 Å². The van der Waals surface area contributed by atoms with Gasteiger partial charge in [0.2, 0.25) is 6.79 Å². The van der Waals surface area contributed by atoms with Crippen LogP contribution in [0.15, 0.2) is 30.3 Å². The van der Waals surface area contributed by atoms with Crippen molar-refractivity contribution in [3.05, 3.63) is 35.9 Å². The Morgan fingerprint density at radius 3 is 2.19 bits per heavy atom. The highest BCUT2D eigenvalue weighted by Gasteiger charge is 2.22. The predicted molar refractivity (Wildman–Crippen MR) is 82.9 cm³/mol. The van der Waals surface area contributed by atoms with Crippen LogP contribution in [0.5, 0.6) is 0 Å². The lowest BCUT2D eigenvalue weighted by atomic mass is 10.2. The van der Waals surface area contributed by atoms with Crippen LogP contribution in [0.3, 0.4) is 0 Å². The van der Waals surface area contributed by atoms with Crippen molar-refractivity contribution in [1.29, 1.82) is 0 Å². The maximum Gasteiger partial charge on any atom is 0.343 e. The molecule has 0 unspecified atom stereocenters. The molecule has 6 nitrogen and oxygen atoms in total. The van der Waals surface area contributed by atoms with Gasteiger partial charge in [-0.1, -0.05) is 18.2 Å². The fourth-order valence-electron chi connectivity index (χ4n) is 1.34. The summed E-state index contributed by atoms with van der Waals surface area (Å²) in [5.41, 5.74) is 0.387. The highest BCUT2D eigenvalue weighted by atomic mass is 35.5. The maximum absolute atomic E-state index is 12.3. The molecule has 0 spiro atoms. The average Bonchev–Trinajstić information content (AvgIpc) is 2.52. The number of esters is 1. The average molecular weight is 355 g/mol. The zero-order valence-electron chi connectivity index (χ0n) is 11.3. The van der Waals surface area contributed by atoms with Gasteiger partial charge in [0.25, 0.3) is 0 Å². The van der Waals surface area contributed by atoms with Crippen LogP contribution in [0, 0.1) is 0 Å². The molecule has 2 N–H and O–H groups in total. The van der Waals surface area contributed by atoms with E-state index in [-0.39, 0.29) is 24.8 Å². The zero-order valence-corrected chi connectivity index (χ0v) is 13.7. The zero-order chi connectivity index (χ0) is 15.6. The summed E-state index contributed by atoms with van der Waals surface area (Å²) in [6, 6.07) is 8.44. The molecule has 0 atom stereocenters. The Labute approximate surface area is 133 Å². The maximum atomic E-state index is 12.3. The third-order valence-corrected chi connectivity index (χ3v) is 4.39. The van der Waals surface area contributed by atoms with Gasteiger partial charge in [-0.05, 0) is 12.1 Å². The monoisotopic (exact) mass is 354 g/mol. The van der Waals surface area contributed by atoms with E-state index >= 15 is 0 Å².